The second kappa shape index (κ2) is 8.34. The van der Waals surface area contributed by atoms with Crippen molar-refractivity contribution in [1.29, 1.82) is 5.26 Å². The largest absolute Gasteiger partial charge is 0.444 e. The molecule has 1 aliphatic rings. The zero-order chi connectivity index (χ0) is 25.7. The van der Waals surface area contributed by atoms with Gasteiger partial charge >= 0.3 is 6.09 Å². The highest BCUT2D eigenvalue weighted by atomic mass is 16.6. The van der Waals surface area contributed by atoms with Crippen LogP contribution in [0.3, 0.4) is 0 Å². The number of hydrogen-bond acceptors (Lipinski definition) is 7. The van der Waals surface area contributed by atoms with E-state index in [0.29, 0.717) is 41.5 Å². The summed E-state index contributed by atoms with van der Waals surface area (Å²) in [6.45, 7) is 6.09. The molecule has 0 radical (unpaired) electrons. The smallest absolute Gasteiger partial charge is 0.410 e. The Morgan fingerprint density at radius 2 is 1.94 bits per heavy atom. The lowest BCUT2D eigenvalue weighted by molar-refractivity contribution is -0.0313. The van der Waals surface area contributed by atoms with Crippen molar-refractivity contribution < 1.29 is 9.53 Å². The lowest BCUT2D eigenvalue weighted by Gasteiger charge is -2.48. The first-order chi connectivity index (χ1) is 17.1. The van der Waals surface area contributed by atoms with Crippen LogP contribution in [0.5, 0.6) is 0 Å². The number of carbonyl (C=O) groups is 1. The number of hydrogen-bond donors (Lipinski definition) is 0. The number of imidazole rings is 1. The van der Waals surface area contributed by atoms with Crippen molar-refractivity contribution in [2.45, 2.75) is 38.3 Å². The quantitative estimate of drug-likeness (QED) is 0.434. The molecule has 11 heteroatoms. The highest BCUT2D eigenvalue weighted by molar-refractivity contribution is 5.70. The number of carbonyl (C=O) groups excluding carboxylic acids is 1. The standard InChI is InChI=1S/C25H26N8O3/c1-24(2,3)36-23(35)31-15-25(16-31,7-8-26)33-11-6-18(29-33)22-28-19(14-20-27-9-12-32(20)22)17-5-10-30(4)21(34)13-17/h5-6,9-14H,7,15-16H2,1-4H3. The van der Waals surface area contributed by atoms with E-state index in [2.05, 4.69) is 11.1 Å². The minimum Gasteiger partial charge on any atom is -0.444 e. The van der Waals surface area contributed by atoms with E-state index in [4.69, 9.17) is 14.8 Å². The Kier molecular flexibility index (Phi) is 5.39. The third kappa shape index (κ3) is 4.11. The summed E-state index contributed by atoms with van der Waals surface area (Å²) in [7, 11) is 1.69. The molecule has 0 spiro atoms. The molecule has 5 rings (SSSR count). The van der Waals surface area contributed by atoms with Crippen LogP contribution in [0.15, 0.2) is 53.8 Å². The Morgan fingerprint density at radius 3 is 2.64 bits per heavy atom. The predicted molar refractivity (Wildman–Crippen MR) is 131 cm³/mol. The van der Waals surface area contributed by atoms with Crippen LogP contribution in [-0.2, 0) is 17.3 Å². The number of aryl methyl sites for hydroxylation is 1. The van der Waals surface area contributed by atoms with Crippen LogP contribution in [0.2, 0.25) is 0 Å². The van der Waals surface area contributed by atoms with E-state index in [9.17, 15) is 14.9 Å². The van der Waals surface area contributed by atoms with Gasteiger partial charge in [0.2, 0.25) is 0 Å². The fourth-order valence-corrected chi connectivity index (χ4v) is 4.27. The fourth-order valence-electron chi connectivity index (χ4n) is 4.27. The van der Waals surface area contributed by atoms with Crippen LogP contribution in [0.25, 0.3) is 28.4 Å². The molecule has 1 amide bonds. The maximum Gasteiger partial charge on any atom is 0.410 e. The fraction of sp³-hybridized carbons (Fsp3) is 0.360. The van der Waals surface area contributed by atoms with Crippen LogP contribution in [0, 0.1) is 11.3 Å². The average molecular weight is 487 g/mol. The molecule has 4 aromatic heterocycles. The third-order valence-electron chi connectivity index (χ3n) is 6.12. The summed E-state index contributed by atoms with van der Waals surface area (Å²) in [6.07, 6.45) is 6.74. The molecule has 1 fully saturated rings. The van der Waals surface area contributed by atoms with Crippen LogP contribution < -0.4 is 5.56 Å². The first kappa shape index (κ1) is 23.3. The van der Waals surface area contributed by atoms with Gasteiger partial charge < -0.3 is 14.2 Å². The maximum absolute atomic E-state index is 12.5. The van der Waals surface area contributed by atoms with Crippen molar-refractivity contribution in [2.24, 2.45) is 7.05 Å². The summed E-state index contributed by atoms with van der Waals surface area (Å²) in [4.78, 5) is 35.4. The van der Waals surface area contributed by atoms with Crippen molar-refractivity contribution in [3.05, 3.63) is 59.4 Å². The van der Waals surface area contributed by atoms with Gasteiger partial charge in [0, 0.05) is 49.5 Å². The van der Waals surface area contributed by atoms with Crippen molar-refractivity contribution >= 4 is 11.7 Å². The van der Waals surface area contributed by atoms with Crippen LogP contribution in [0.1, 0.15) is 27.2 Å². The summed E-state index contributed by atoms with van der Waals surface area (Å²) < 4.78 is 10.5. The number of amides is 1. The number of nitriles is 1. The zero-order valence-corrected chi connectivity index (χ0v) is 20.5. The van der Waals surface area contributed by atoms with Gasteiger partial charge in [0.25, 0.3) is 5.56 Å². The normalized spacial score (nSPS) is 14.9. The first-order valence-electron chi connectivity index (χ1n) is 11.5. The van der Waals surface area contributed by atoms with Crippen LogP contribution in [0.4, 0.5) is 4.79 Å². The van der Waals surface area contributed by atoms with Gasteiger partial charge in [-0.1, -0.05) is 0 Å². The summed E-state index contributed by atoms with van der Waals surface area (Å²) in [5, 5.41) is 14.3. The van der Waals surface area contributed by atoms with E-state index >= 15 is 0 Å². The van der Waals surface area contributed by atoms with Gasteiger partial charge in [0.15, 0.2) is 5.82 Å². The van der Waals surface area contributed by atoms with Gasteiger partial charge in [-0.15, -0.1) is 0 Å². The van der Waals surface area contributed by atoms with Gasteiger partial charge in [-0.05, 0) is 32.9 Å². The van der Waals surface area contributed by atoms with E-state index in [1.54, 1.807) is 41.4 Å². The minimum atomic E-state index is -0.652. The Hall–Kier alpha value is -4.46. The van der Waals surface area contributed by atoms with Crippen LogP contribution in [-0.4, -0.2) is 58.4 Å². The van der Waals surface area contributed by atoms with Gasteiger partial charge in [-0.3, -0.25) is 13.9 Å². The minimum absolute atomic E-state index is 0.138. The molecular formula is C25H26N8O3. The lowest BCUT2D eigenvalue weighted by atomic mass is 9.87. The predicted octanol–water partition coefficient (Wildman–Crippen LogP) is 2.82. The highest BCUT2D eigenvalue weighted by Gasteiger charge is 2.48. The molecule has 0 bridgehead atoms. The van der Waals surface area contributed by atoms with Gasteiger partial charge in [-0.25, -0.2) is 14.8 Å². The van der Waals surface area contributed by atoms with Crippen molar-refractivity contribution in [1.82, 2.24) is 33.6 Å². The Morgan fingerprint density at radius 1 is 1.17 bits per heavy atom. The van der Waals surface area contributed by atoms with E-state index in [1.165, 1.54) is 10.6 Å². The molecular weight excluding hydrogens is 460 g/mol. The van der Waals surface area contributed by atoms with Crippen molar-refractivity contribution in [3.63, 3.8) is 0 Å². The van der Waals surface area contributed by atoms with Crippen LogP contribution >= 0.6 is 0 Å². The molecule has 0 aliphatic carbocycles. The van der Waals surface area contributed by atoms with Gasteiger partial charge in [0.1, 0.15) is 22.5 Å². The Labute approximate surface area is 207 Å². The molecule has 4 aromatic rings. The molecule has 0 unspecified atom stereocenters. The number of fused-ring (bicyclic) bond motifs is 1. The molecule has 0 aromatic carbocycles. The monoisotopic (exact) mass is 486 g/mol. The highest BCUT2D eigenvalue weighted by Crippen LogP contribution is 2.34. The van der Waals surface area contributed by atoms with E-state index in [0.717, 1.165) is 0 Å². The first-order valence-corrected chi connectivity index (χ1v) is 11.5. The SMILES string of the molecule is Cn1ccc(-c2cc3nccn3c(-c3ccn(C4(CC#N)CN(C(=O)OC(C)(C)C)C4)n3)n2)cc1=O. The number of aromatic nitrogens is 6. The second-order valence-corrected chi connectivity index (χ2v) is 10.0. The van der Waals surface area contributed by atoms with Gasteiger partial charge in [-0.2, -0.15) is 10.4 Å². The lowest BCUT2D eigenvalue weighted by Crippen LogP contribution is -2.64. The Balaban J connectivity index is 1.49. The average Bonchev–Trinajstić information content (AvgIpc) is 3.46. The molecule has 36 heavy (non-hydrogen) atoms. The molecule has 0 N–H and O–H groups in total. The number of likely N-dealkylation sites (tertiary alicyclic amines) is 1. The number of ether oxygens (including phenoxy) is 1. The number of rotatable bonds is 4. The Bertz CT molecular complexity index is 1560. The van der Waals surface area contributed by atoms with E-state index in [-0.39, 0.29) is 12.0 Å². The maximum atomic E-state index is 12.5. The molecule has 11 nitrogen and oxygen atoms in total. The summed E-state index contributed by atoms with van der Waals surface area (Å²) in [5.41, 5.74) is 1.13. The molecule has 1 aliphatic heterocycles. The summed E-state index contributed by atoms with van der Waals surface area (Å²) in [6, 6.07) is 9.23. The summed E-state index contributed by atoms with van der Waals surface area (Å²) >= 11 is 0. The zero-order valence-electron chi connectivity index (χ0n) is 20.5. The molecule has 0 atom stereocenters. The van der Waals surface area contributed by atoms with Crippen molar-refractivity contribution in [3.8, 4) is 28.8 Å². The van der Waals surface area contributed by atoms with E-state index < -0.39 is 17.2 Å². The van der Waals surface area contributed by atoms with Gasteiger partial charge in [0.05, 0.1) is 31.3 Å². The molecule has 5 heterocycles. The topological polar surface area (TPSA) is 123 Å². The molecule has 0 saturated carbocycles. The van der Waals surface area contributed by atoms with Crippen molar-refractivity contribution in [2.75, 3.05) is 13.1 Å². The van der Waals surface area contributed by atoms with E-state index in [1.807, 2.05) is 43.4 Å². The number of pyridine rings is 1. The molecule has 184 valence electrons. The summed E-state index contributed by atoms with van der Waals surface area (Å²) in [5.74, 6) is 0.551. The second-order valence-electron chi connectivity index (χ2n) is 10.0. The third-order valence-corrected chi connectivity index (χ3v) is 6.12. The number of nitrogens with zero attached hydrogens (tertiary/aromatic N) is 8. The molecule has 1 saturated heterocycles.